The van der Waals surface area contributed by atoms with Gasteiger partial charge in [-0.05, 0) is 51.4 Å². The van der Waals surface area contributed by atoms with Crippen molar-refractivity contribution in [3.63, 3.8) is 0 Å². The van der Waals surface area contributed by atoms with E-state index in [0.29, 0.717) is 19.3 Å². The van der Waals surface area contributed by atoms with Gasteiger partial charge in [0, 0.05) is 12.8 Å². The quantitative estimate of drug-likeness (QED) is 0.0204. The molecule has 0 aliphatic carbocycles. The molecule has 0 radical (unpaired) electrons. The maximum Gasteiger partial charge on any atom is 0.472 e. The van der Waals surface area contributed by atoms with Gasteiger partial charge in [0.2, 0.25) is 5.91 Å². The summed E-state index contributed by atoms with van der Waals surface area (Å²) < 4.78 is 26.7. The minimum absolute atomic E-state index is 0.0174. The molecular formula is C44H74NO10P. The summed E-state index contributed by atoms with van der Waals surface area (Å²) in [6, 6.07) is -1.59. The lowest BCUT2D eigenvalue weighted by Gasteiger charge is -2.18. The molecule has 3 unspecified atom stereocenters. The van der Waals surface area contributed by atoms with Gasteiger partial charge in [0.1, 0.15) is 12.7 Å². The Kier molecular flexibility index (Phi) is 36.6. The minimum atomic E-state index is -4.78. The van der Waals surface area contributed by atoms with Crippen LogP contribution in [0.4, 0.5) is 0 Å². The van der Waals surface area contributed by atoms with Crippen LogP contribution in [0, 0.1) is 0 Å². The molecular weight excluding hydrogens is 733 g/mol. The van der Waals surface area contributed by atoms with Gasteiger partial charge in [0.25, 0.3) is 0 Å². The molecule has 0 aliphatic heterocycles. The highest BCUT2D eigenvalue weighted by atomic mass is 31.2. The number of aliphatic hydroxyl groups is 1. The van der Waals surface area contributed by atoms with Gasteiger partial charge in [-0.1, -0.05) is 164 Å². The largest absolute Gasteiger partial charge is 0.480 e. The fourth-order valence-corrected chi connectivity index (χ4v) is 6.05. The number of phosphoric acid groups is 1. The summed E-state index contributed by atoms with van der Waals surface area (Å²) >= 11 is 0. The first-order valence-electron chi connectivity index (χ1n) is 21.0. The van der Waals surface area contributed by atoms with E-state index in [1.807, 2.05) is 18.2 Å². The number of carbonyl (C=O) groups is 3. The van der Waals surface area contributed by atoms with Crippen LogP contribution in [0.25, 0.3) is 0 Å². The Bertz CT molecular complexity index is 1230. The number of aliphatic hydroxyl groups excluding tert-OH is 1. The molecule has 0 rings (SSSR count). The molecule has 0 spiro atoms. The van der Waals surface area contributed by atoms with Crippen molar-refractivity contribution < 1.29 is 47.8 Å². The van der Waals surface area contributed by atoms with Crippen molar-refractivity contribution in [1.82, 2.24) is 5.32 Å². The molecule has 0 saturated carbocycles. The molecule has 0 aromatic carbocycles. The van der Waals surface area contributed by atoms with Gasteiger partial charge in [-0.15, -0.1) is 0 Å². The molecule has 12 heteroatoms. The Morgan fingerprint density at radius 2 is 1.02 bits per heavy atom. The van der Waals surface area contributed by atoms with Crippen molar-refractivity contribution in [2.24, 2.45) is 0 Å². The smallest absolute Gasteiger partial charge is 0.472 e. The highest BCUT2D eigenvalue weighted by Crippen LogP contribution is 2.43. The van der Waals surface area contributed by atoms with Crippen molar-refractivity contribution in [2.75, 3.05) is 19.8 Å². The number of carbonyl (C=O) groups excluding carboxylic acids is 2. The number of carboxylic acids is 1. The number of aliphatic carboxylic acids is 1. The number of allylic oxidation sites excluding steroid dienone is 12. The second-order valence-electron chi connectivity index (χ2n) is 13.8. The van der Waals surface area contributed by atoms with Crippen molar-refractivity contribution in [3.05, 3.63) is 72.9 Å². The van der Waals surface area contributed by atoms with Gasteiger partial charge < -0.3 is 25.2 Å². The highest BCUT2D eigenvalue weighted by molar-refractivity contribution is 7.47. The van der Waals surface area contributed by atoms with Gasteiger partial charge in [-0.3, -0.25) is 18.6 Å². The average molecular weight is 808 g/mol. The molecule has 1 amide bonds. The summed E-state index contributed by atoms with van der Waals surface area (Å²) in [6.07, 6.45) is 45.2. The Hall–Kier alpha value is -3.08. The topological polar surface area (TPSA) is 169 Å². The van der Waals surface area contributed by atoms with Crippen molar-refractivity contribution in [3.8, 4) is 0 Å². The van der Waals surface area contributed by atoms with Crippen LogP contribution in [0.3, 0.4) is 0 Å². The van der Waals surface area contributed by atoms with Gasteiger partial charge >= 0.3 is 19.8 Å². The van der Waals surface area contributed by atoms with Crippen molar-refractivity contribution in [1.29, 1.82) is 0 Å². The number of rotatable bonds is 38. The maximum atomic E-state index is 12.3. The number of ether oxygens (including phenoxy) is 1. The number of carboxylic acid groups (broad SMARTS) is 1. The first-order valence-corrected chi connectivity index (χ1v) is 22.5. The third-order valence-corrected chi connectivity index (χ3v) is 9.47. The lowest BCUT2D eigenvalue weighted by Crippen LogP contribution is -2.43. The molecule has 4 N–H and O–H groups in total. The highest BCUT2D eigenvalue weighted by Gasteiger charge is 2.28. The zero-order valence-electron chi connectivity index (χ0n) is 34.4. The molecule has 0 bridgehead atoms. The van der Waals surface area contributed by atoms with E-state index in [-0.39, 0.29) is 12.8 Å². The third kappa shape index (κ3) is 37.8. The number of hydrogen-bond donors (Lipinski definition) is 4. The SMILES string of the molecule is CC/C=C\C/C=C\C/C=C\C/C=C\C/C=C\C/C=C\CCC(=O)NC(COP(=O)(O)OCC(O)COC(=O)CCCCCCCCCCCCCCC)C(=O)O. The summed E-state index contributed by atoms with van der Waals surface area (Å²) in [6.45, 7) is 2.41. The van der Waals surface area contributed by atoms with Crippen LogP contribution >= 0.6 is 7.82 Å². The van der Waals surface area contributed by atoms with Crippen LogP contribution in [-0.4, -0.2) is 64.9 Å². The fourth-order valence-electron chi connectivity index (χ4n) is 5.28. The first kappa shape index (κ1) is 52.9. The first-order chi connectivity index (χ1) is 27.1. The molecule has 3 atom stereocenters. The Labute approximate surface area is 338 Å². The molecule has 0 aliphatic rings. The Balaban J connectivity index is 4.06. The van der Waals surface area contributed by atoms with Crippen molar-refractivity contribution in [2.45, 2.75) is 167 Å². The third-order valence-electron chi connectivity index (χ3n) is 8.52. The normalized spacial score (nSPS) is 14.5. The van der Waals surface area contributed by atoms with Crippen molar-refractivity contribution >= 4 is 25.7 Å². The number of amides is 1. The van der Waals surface area contributed by atoms with E-state index >= 15 is 0 Å². The van der Waals surface area contributed by atoms with Crippen LogP contribution in [-0.2, 0) is 32.7 Å². The lowest BCUT2D eigenvalue weighted by molar-refractivity contribution is -0.147. The molecule has 0 saturated heterocycles. The zero-order valence-corrected chi connectivity index (χ0v) is 35.3. The fraction of sp³-hybridized carbons (Fsp3) is 0.659. The van der Waals surface area contributed by atoms with Gasteiger partial charge in [0.15, 0.2) is 6.04 Å². The van der Waals surface area contributed by atoms with Crippen LogP contribution in [0.15, 0.2) is 72.9 Å². The van der Waals surface area contributed by atoms with Gasteiger partial charge in [-0.2, -0.15) is 0 Å². The predicted molar refractivity (Wildman–Crippen MR) is 226 cm³/mol. The summed E-state index contributed by atoms with van der Waals surface area (Å²) in [7, 11) is -4.78. The summed E-state index contributed by atoms with van der Waals surface area (Å²) in [4.78, 5) is 45.8. The van der Waals surface area contributed by atoms with E-state index in [0.717, 1.165) is 51.4 Å². The number of phosphoric ester groups is 1. The molecule has 0 aromatic rings. The monoisotopic (exact) mass is 808 g/mol. The van der Waals surface area contributed by atoms with Crippen LogP contribution in [0.1, 0.15) is 155 Å². The van der Waals surface area contributed by atoms with E-state index < -0.39 is 57.6 Å². The molecule has 0 aromatic heterocycles. The van der Waals surface area contributed by atoms with Crippen LogP contribution in [0.2, 0.25) is 0 Å². The van der Waals surface area contributed by atoms with Crippen LogP contribution < -0.4 is 5.32 Å². The molecule has 320 valence electrons. The maximum absolute atomic E-state index is 12.3. The molecule has 0 fully saturated rings. The Morgan fingerprint density at radius 1 is 0.589 bits per heavy atom. The zero-order chi connectivity index (χ0) is 41.4. The molecule has 11 nitrogen and oxygen atoms in total. The molecule has 56 heavy (non-hydrogen) atoms. The second kappa shape index (κ2) is 38.8. The van der Waals surface area contributed by atoms with Crippen LogP contribution in [0.5, 0.6) is 0 Å². The number of nitrogens with one attached hydrogen (secondary N) is 1. The number of esters is 1. The lowest BCUT2D eigenvalue weighted by atomic mass is 10.0. The standard InChI is InChI=1S/C44H74NO10P/c1-3-5-7-9-11-13-15-17-18-19-20-21-22-24-25-27-29-31-33-35-42(47)45-41(44(49)50)39-55-56(51,52)54-38-40(46)37-53-43(48)36-34-32-30-28-26-23-16-14-12-10-8-6-4-2/h5,7,11,13,17-18,20-21,24-25,29,31,40-41,46H,3-4,6,8-10,12,14-16,19,22-23,26-28,30,32-39H2,1-2H3,(H,45,47)(H,49,50)(H,51,52)/b7-5-,13-11-,18-17-,21-20-,25-24-,31-29-. The summed E-state index contributed by atoms with van der Waals surface area (Å²) in [5.74, 6) is -2.50. The van der Waals surface area contributed by atoms with E-state index in [4.69, 9.17) is 13.8 Å². The average Bonchev–Trinajstić information content (AvgIpc) is 3.17. The summed E-state index contributed by atoms with van der Waals surface area (Å²) in [5.41, 5.74) is 0. The van der Waals surface area contributed by atoms with E-state index in [1.54, 1.807) is 0 Å². The van der Waals surface area contributed by atoms with Gasteiger partial charge in [0.05, 0.1) is 13.2 Å². The van der Waals surface area contributed by atoms with Gasteiger partial charge in [-0.25, -0.2) is 9.36 Å². The predicted octanol–water partition coefficient (Wildman–Crippen LogP) is 10.6. The minimum Gasteiger partial charge on any atom is -0.480 e. The number of hydrogen-bond acceptors (Lipinski definition) is 8. The Morgan fingerprint density at radius 3 is 1.48 bits per heavy atom. The van der Waals surface area contributed by atoms with E-state index in [2.05, 4.69) is 73.8 Å². The molecule has 0 heterocycles. The summed E-state index contributed by atoms with van der Waals surface area (Å²) in [5, 5.41) is 21.7. The van der Waals surface area contributed by atoms with E-state index in [9.17, 15) is 34.1 Å². The number of unbranched alkanes of at least 4 members (excludes halogenated alkanes) is 12. The van der Waals surface area contributed by atoms with E-state index in [1.165, 1.54) is 57.8 Å². The second-order valence-corrected chi connectivity index (χ2v) is 15.3.